The van der Waals surface area contributed by atoms with Crippen LogP contribution in [0.25, 0.3) is 76.3 Å². The van der Waals surface area contributed by atoms with Crippen LogP contribution < -0.4 is 0 Å². The highest BCUT2D eigenvalue weighted by Gasteiger charge is 2.46. The molecule has 0 spiro atoms. The van der Waals surface area contributed by atoms with Gasteiger partial charge in [0.05, 0.1) is 16.8 Å². The fraction of sp³-hybridized carbons (Fsp3) is 0.0189. The van der Waals surface area contributed by atoms with Crippen molar-refractivity contribution in [2.75, 3.05) is 0 Å². The molecular formula is C53H34N2S. The van der Waals surface area contributed by atoms with Gasteiger partial charge < -0.3 is 0 Å². The summed E-state index contributed by atoms with van der Waals surface area (Å²) in [6, 6.07) is 74.5. The van der Waals surface area contributed by atoms with Gasteiger partial charge in [0.2, 0.25) is 0 Å². The first kappa shape index (κ1) is 32.5. The fourth-order valence-corrected chi connectivity index (χ4v) is 10.1. The third kappa shape index (κ3) is 5.09. The topological polar surface area (TPSA) is 25.8 Å². The maximum atomic E-state index is 5.24. The van der Waals surface area contributed by atoms with Crippen molar-refractivity contribution in [1.29, 1.82) is 0 Å². The zero-order valence-electron chi connectivity index (χ0n) is 30.4. The molecule has 10 aromatic rings. The number of rotatable bonds is 6. The molecule has 11 rings (SSSR count). The molecule has 0 bridgehead atoms. The van der Waals surface area contributed by atoms with E-state index >= 15 is 0 Å². The molecule has 1 aliphatic rings. The van der Waals surface area contributed by atoms with Crippen molar-refractivity contribution in [3.8, 4) is 56.2 Å². The van der Waals surface area contributed by atoms with E-state index in [1.807, 2.05) is 17.4 Å². The van der Waals surface area contributed by atoms with E-state index in [4.69, 9.17) is 9.97 Å². The third-order valence-corrected chi connectivity index (χ3v) is 12.5. The molecule has 1 aliphatic carbocycles. The molecule has 0 saturated heterocycles. The first-order chi connectivity index (χ1) is 27.8. The lowest BCUT2D eigenvalue weighted by Gasteiger charge is -2.34. The summed E-state index contributed by atoms with van der Waals surface area (Å²) < 4.78 is 2.54. The smallest absolute Gasteiger partial charge is 0.160 e. The van der Waals surface area contributed by atoms with Crippen LogP contribution in [0.1, 0.15) is 22.3 Å². The molecule has 0 fully saturated rings. The Morgan fingerprint density at radius 3 is 1.73 bits per heavy atom. The average Bonchev–Trinajstić information content (AvgIpc) is 3.81. The second kappa shape index (κ2) is 13.1. The molecule has 2 heterocycles. The molecule has 0 unspecified atom stereocenters. The van der Waals surface area contributed by atoms with E-state index in [9.17, 15) is 0 Å². The predicted molar refractivity (Wildman–Crippen MR) is 234 cm³/mol. The van der Waals surface area contributed by atoms with E-state index in [-0.39, 0.29) is 0 Å². The molecule has 0 N–H and O–H groups in total. The van der Waals surface area contributed by atoms with E-state index in [2.05, 4.69) is 200 Å². The molecule has 0 atom stereocenters. The SMILES string of the molecule is c1ccc(-c2nc(-c3cccc(-c4ccc5c(c4)C(c4ccccc4)(c4ccccc4)c4ccccc4-5)c3)cc(-c3cccc4sc5ccccc5c34)n2)cc1. The van der Waals surface area contributed by atoms with Crippen LogP contribution in [-0.4, -0.2) is 9.97 Å². The number of aromatic nitrogens is 2. The Balaban J connectivity index is 1.10. The van der Waals surface area contributed by atoms with Crippen LogP contribution in [0.2, 0.25) is 0 Å². The van der Waals surface area contributed by atoms with Gasteiger partial charge in [-0.1, -0.05) is 176 Å². The Labute approximate surface area is 330 Å². The molecule has 0 saturated carbocycles. The van der Waals surface area contributed by atoms with Crippen LogP contribution in [0.5, 0.6) is 0 Å². The van der Waals surface area contributed by atoms with Gasteiger partial charge in [-0.05, 0) is 74.8 Å². The van der Waals surface area contributed by atoms with Crippen molar-refractivity contribution < 1.29 is 0 Å². The van der Waals surface area contributed by atoms with E-state index in [0.29, 0.717) is 5.82 Å². The normalized spacial score (nSPS) is 12.8. The molecule has 8 aromatic carbocycles. The highest BCUT2D eigenvalue weighted by molar-refractivity contribution is 7.25. The Hall–Kier alpha value is -6.94. The lowest BCUT2D eigenvalue weighted by molar-refractivity contribution is 0.769. The molecule has 2 aromatic heterocycles. The Bertz CT molecular complexity index is 3040. The lowest BCUT2D eigenvalue weighted by atomic mass is 9.67. The third-order valence-electron chi connectivity index (χ3n) is 11.4. The maximum absolute atomic E-state index is 5.24. The summed E-state index contributed by atoms with van der Waals surface area (Å²) in [5.74, 6) is 0.714. The van der Waals surface area contributed by atoms with Gasteiger partial charge in [-0.25, -0.2) is 9.97 Å². The van der Waals surface area contributed by atoms with Crippen LogP contribution in [0.3, 0.4) is 0 Å². The quantitative estimate of drug-likeness (QED) is 0.170. The molecular weight excluding hydrogens is 697 g/mol. The average molecular weight is 731 g/mol. The highest BCUT2D eigenvalue weighted by atomic mass is 32.1. The van der Waals surface area contributed by atoms with Crippen LogP contribution in [0.4, 0.5) is 0 Å². The van der Waals surface area contributed by atoms with Crippen molar-refractivity contribution in [2.45, 2.75) is 5.41 Å². The zero-order valence-corrected chi connectivity index (χ0v) is 31.2. The van der Waals surface area contributed by atoms with Crippen LogP contribution >= 0.6 is 11.3 Å². The number of fused-ring (bicyclic) bond motifs is 6. The molecule has 2 nitrogen and oxygen atoms in total. The number of hydrogen-bond donors (Lipinski definition) is 0. The summed E-state index contributed by atoms with van der Waals surface area (Å²) in [6.07, 6.45) is 0. The number of thiophene rings is 1. The second-order valence-corrected chi connectivity index (χ2v) is 15.6. The number of nitrogens with zero attached hydrogens (tertiary/aromatic N) is 2. The van der Waals surface area contributed by atoms with Crippen molar-refractivity contribution in [3.63, 3.8) is 0 Å². The van der Waals surface area contributed by atoms with E-state index in [1.54, 1.807) is 0 Å². The Kier molecular flexibility index (Phi) is 7.61. The molecule has 56 heavy (non-hydrogen) atoms. The molecule has 262 valence electrons. The lowest BCUT2D eigenvalue weighted by Crippen LogP contribution is -2.28. The second-order valence-electron chi connectivity index (χ2n) is 14.5. The van der Waals surface area contributed by atoms with Gasteiger partial charge in [-0.2, -0.15) is 0 Å². The molecule has 0 radical (unpaired) electrons. The largest absolute Gasteiger partial charge is 0.228 e. The fourth-order valence-electron chi connectivity index (χ4n) is 8.92. The first-order valence-corrected chi connectivity index (χ1v) is 19.9. The van der Waals surface area contributed by atoms with Gasteiger partial charge in [0.25, 0.3) is 0 Å². The van der Waals surface area contributed by atoms with Gasteiger partial charge in [-0.15, -0.1) is 11.3 Å². The minimum absolute atomic E-state index is 0.457. The minimum Gasteiger partial charge on any atom is -0.228 e. The van der Waals surface area contributed by atoms with Gasteiger partial charge in [0.1, 0.15) is 0 Å². The van der Waals surface area contributed by atoms with Crippen molar-refractivity contribution in [1.82, 2.24) is 9.97 Å². The Morgan fingerprint density at radius 1 is 0.357 bits per heavy atom. The van der Waals surface area contributed by atoms with E-state index in [0.717, 1.165) is 33.6 Å². The monoisotopic (exact) mass is 730 g/mol. The molecule has 0 amide bonds. The summed E-state index contributed by atoms with van der Waals surface area (Å²) in [5, 5.41) is 2.50. The van der Waals surface area contributed by atoms with Crippen LogP contribution in [0.15, 0.2) is 206 Å². The van der Waals surface area contributed by atoms with Gasteiger partial charge >= 0.3 is 0 Å². The summed E-state index contributed by atoms with van der Waals surface area (Å²) in [7, 11) is 0. The molecule has 3 heteroatoms. The number of hydrogen-bond acceptors (Lipinski definition) is 3. The van der Waals surface area contributed by atoms with Crippen LogP contribution in [-0.2, 0) is 5.41 Å². The predicted octanol–water partition coefficient (Wildman–Crippen LogP) is 13.9. The van der Waals surface area contributed by atoms with Gasteiger partial charge in [0, 0.05) is 36.9 Å². The molecule has 0 aliphatic heterocycles. The van der Waals surface area contributed by atoms with Crippen molar-refractivity contribution in [3.05, 3.63) is 229 Å². The van der Waals surface area contributed by atoms with Gasteiger partial charge in [-0.3, -0.25) is 0 Å². The summed E-state index contributed by atoms with van der Waals surface area (Å²) in [4.78, 5) is 10.5. The number of benzene rings is 8. The zero-order chi connectivity index (χ0) is 37.1. The van der Waals surface area contributed by atoms with Crippen molar-refractivity contribution in [2.24, 2.45) is 0 Å². The van der Waals surface area contributed by atoms with Crippen LogP contribution in [0, 0.1) is 0 Å². The summed E-state index contributed by atoms with van der Waals surface area (Å²) >= 11 is 1.83. The maximum Gasteiger partial charge on any atom is 0.160 e. The summed E-state index contributed by atoms with van der Waals surface area (Å²) in [6.45, 7) is 0. The van der Waals surface area contributed by atoms with E-state index in [1.165, 1.54) is 59.1 Å². The standard InChI is InChI=1S/C53H34N2S/c1-4-16-35(17-5-1)52-54-47(34-48(55-52)43-26-15-29-50-51(43)44-25-11-13-28-49(44)56-50)38-19-14-18-36(32-38)37-30-31-42-41-24-10-12-27-45(41)53(46(42)33-37,39-20-6-2-7-21-39)40-22-8-3-9-23-40/h1-34H. The van der Waals surface area contributed by atoms with Crippen molar-refractivity contribution >= 4 is 31.5 Å². The minimum atomic E-state index is -0.457. The summed E-state index contributed by atoms with van der Waals surface area (Å²) in [5.41, 5.74) is 14.5. The first-order valence-electron chi connectivity index (χ1n) is 19.1. The highest BCUT2D eigenvalue weighted by Crippen LogP contribution is 2.56. The Morgan fingerprint density at radius 2 is 0.929 bits per heavy atom. The van der Waals surface area contributed by atoms with E-state index < -0.39 is 5.41 Å². The van der Waals surface area contributed by atoms with Gasteiger partial charge in [0.15, 0.2) is 5.82 Å².